The van der Waals surface area contributed by atoms with E-state index in [0.717, 1.165) is 43.0 Å². The minimum absolute atomic E-state index is 0.140. The Morgan fingerprint density at radius 1 is 1.37 bits per heavy atom. The Labute approximate surface area is 115 Å². The van der Waals surface area contributed by atoms with E-state index in [1.807, 2.05) is 30.0 Å². The van der Waals surface area contributed by atoms with Gasteiger partial charge in [-0.3, -0.25) is 4.79 Å². The maximum Gasteiger partial charge on any atom is 0.254 e. The smallest absolute Gasteiger partial charge is 0.254 e. The summed E-state index contributed by atoms with van der Waals surface area (Å²) in [4.78, 5) is 14.6. The number of nitrogen functional groups attached to an aromatic ring is 1. The minimum Gasteiger partial charge on any atom is -0.398 e. The number of hydrogen-bond acceptors (Lipinski definition) is 2. The SMILES string of the molecule is CCC1CCCN(C(=O)c2cccc(N)c2C)CC1. The lowest BCUT2D eigenvalue weighted by atomic mass is 9.98. The molecule has 2 N–H and O–H groups in total. The van der Waals surface area contributed by atoms with Gasteiger partial charge in [-0.2, -0.15) is 0 Å². The van der Waals surface area contributed by atoms with E-state index in [-0.39, 0.29) is 5.91 Å². The Bertz CT molecular complexity index is 456. The van der Waals surface area contributed by atoms with Crippen LogP contribution in [-0.2, 0) is 0 Å². The zero-order valence-corrected chi connectivity index (χ0v) is 12.0. The summed E-state index contributed by atoms with van der Waals surface area (Å²) in [5.74, 6) is 0.918. The number of amides is 1. The molecule has 0 aliphatic carbocycles. The molecule has 0 spiro atoms. The Balaban J connectivity index is 2.13. The van der Waals surface area contributed by atoms with Crippen LogP contribution in [0.2, 0.25) is 0 Å². The first kappa shape index (κ1) is 13.9. The molecule has 1 aromatic carbocycles. The maximum atomic E-state index is 12.6. The van der Waals surface area contributed by atoms with Gasteiger partial charge in [0.15, 0.2) is 0 Å². The monoisotopic (exact) mass is 260 g/mol. The molecular weight excluding hydrogens is 236 g/mol. The summed E-state index contributed by atoms with van der Waals surface area (Å²) in [6.45, 7) is 5.93. The second-order valence-corrected chi connectivity index (χ2v) is 5.52. The molecule has 1 aliphatic heterocycles. The third kappa shape index (κ3) is 3.09. The molecule has 0 saturated carbocycles. The van der Waals surface area contributed by atoms with Gasteiger partial charge in [-0.05, 0) is 49.8 Å². The van der Waals surface area contributed by atoms with Gasteiger partial charge in [0.2, 0.25) is 0 Å². The lowest BCUT2D eigenvalue weighted by Crippen LogP contribution is -2.32. The van der Waals surface area contributed by atoms with Crippen LogP contribution in [0, 0.1) is 12.8 Å². The number of nitrogens with two attached hydrogens (primary N) is 1. The van der Waals surface area contributed by atoms with Crippen molar-refractivity contribution in [3.8, 4) is 0 Å². The number of rotatable bonds is 2. The first-order valence-electron chi connectivity index (χ1n) is 7.27. The number of carbonyl (C=O) groups excluding carboxylic acids is 1. The molecule has 19 heavy (non-hydrogen) atoms. The number of carbonyl (C=O) groups is 1. The highest BCUT2D eigenvalue weighted by Gasteiger charge is 2.22. The minimum atomic E-state index is 0.140. The lowest BCUT2D eigenvalue weighted by molar-refractivity contribution is 0.0759. The molecule has 3 nitrogen and oxygen atoms in total. The van der Waals surface area contributed by atoms with E-state index in [1.165, 1.54) is 12.8 Å². The van der Waals surface area contributed by atoms with E-state index in [4.69, 9.17) is 5.73 Å². The van der Waals surface area contributed by atoms with Crippen LogP contribution in [0.4, 0.5) is 5.69 Å². The van der Waals surface area contributed by atoms with Crippen molar-refractivity contribution in [1.82, 2.24) is 4.90 Å². The predicted molar refractivity (Wildman–Crippen MR) is 79.1 cm³/mol. The number of nitrogens with zero attached hydrogens (tertiary/aromatic N) is 1. The van der Waals surface area contributed by atoms with Gasteiger partial charge in [-0.25, -0.2) is 0 Å². The van der Waals surface area contributed by atoms with Crippen molar-refractivity contribution in [1.29, 1.82) is 0 Å². The highest BCUT2D eigenvalue weighted by Crippen LogP contribution is 2.23. The summed E-state index contributed by atoms with van der Waals surface area (Å²) < 4.78 is 0. The van der Waals surface area contributed by atoms with Crippen molar-refractivity contribution in [2.75, 3.05) is 18.8 Å². The van der Waals surface area contributed by atoms with Crippen molar-refractivity contribution >= 4 is 11.6 Å². The van der Waals surface area contributed by atoms with Crippen molar-refractivity contribution in [2.24, 2.45) is 5.92 Å². The van der Waals surface area contributed by atoms with Crippen molar-refractivity contribution < 1.29 is 4.79 Å². The summed E-state index contributed by atoms with van der Waals surface area (Å²) in [7, 11) is 0. The molecule has 1 fully saturated rings. The van der Waals surface area contributed by atoms with Crippen LogP contribution in [-0.4, -0.2) is 23.9 Å². The van der Waals surface area contributed by atoms with Crippen LogP contribution in [0.5, 0.6) is 0 Å². The summed E-state index contributed by atoms with van der Waals surface area (Å²) in [6.07, 6.45) is 4.71. The van der Waals surface area contributed by atoms with E-state index >= 15 is 0 Å². The van der Waals surface area contributed by atoms with Gasteiger partial charge >= 0.3 is 0 Å². The van der Waals surface area contributed by atoms with Crippen LogP contribution >= 0.6 is 0 Å². The molecule has 3 heteroatoms. The Kier molecular flexibility index (Phi) is 4.46. The van der Waals surface area contributed by atoms with Crippen LogP contribution in [0.3, 0.4) is 0 Å². The molecule has 1 unspecified atom stereocenters. The zero-order chi connectivity index (χ0) is 13.8. The van der Waals surface area contributed by atoms with E-state index in [1.54, 1.807) is 0 Å². The molecule has 2 rings (SSSR count). The van der Waals surface area contributed by atoms with Gasteiger partial charge in [-0.1, -0.05) is 19.4 Å². The van der Waals surface area contributed by atoms with Crippen LogP contribution in [0.1, 0.15) is 48.5 Å². The van der Waals surface area contributed by atoms with Crippen LogP contribution < -0.4 is 5.73 Å². The Morgan fingerprint density at radius 2 is 2.16 bits per heavy atom. The second-order valence-electron chi connectivity index (χ2n) is 5.52. The molecule has 1 aromatic rings. The number of likely N-dealkylation sites (tertiary alicyclic amines) is 1. The summed E-state index contributed by atoms with van der Waals surface area (Å²) in [5, 5.41) is 0. The number of anilines is 1. The molecule has 1 saturated heterocycles. The third-order valence-corrected chi connectivity index (χ3v) is 4.32. The van der Waals surface area contributed by atoms with Crippen molar-refractivity contribution in [3.05, 3.63) is 29.3 Å². The molecule has 1 amide bonds. The molecule has 1 aliphatic rings. The molecule has 0 aromatic heterocycles. The summed E-state index contributed by atoms with van der Waals surface area (Å²) in [6, 6.07) is 5.60. The average Bonchev–Trinajstić information content (AvgIpc) is 2.66. The maximum absolute atomic E-state index is 12.6. The van der Waals surface area contributed by atoms with Gasteiger partial charge in [0.05, 0.1) is 0 Å². The first-order valence-corrected chi connectivity index (χ1v) is 7.27. The quantitative estimate of drug-likeness (QED) is 0.830. The topological polar surface area (TPSA) is 46.3 Å². The fourth-order valence-corrected chi connectivity index (χ4v) is 2.83. The fraction of sp³-hybridized carbons (Fsp3) is 0.562. The lowest BCUT2D eigenvalue weighted by Gasteiger charge is -2.22. The summed E-state index contributed by atoms with van der Waals surface area (Å²) >= 11 is 0. The van der Waals surface area contributed by atoms with Crippen molar-refractivity contribution in [3.63, 3.8) is 0 Å². The average molecular weight is 260 g/mol. The van der Waals surface area contributed by atoms with Gasteiger partial charge < -0.3 is 10.6 Å². The molecule has 0 radical (unpaired) electrons. The standard InChI is InChI=1S/C16H24N2O/c1-3-13-6-5-10-18(11-9-13)16(19)14-7-4-8-15(17)12(14)2/h4,7-8,13H,3,5-6,9-11,17H2,1-2H3. The molecular formula is C16H24N2O. The van der Waals surface area contributed by atoms with E-state index in [9.17, 15) is 4.79 Å². The highest BCUT2D eigenvalue weighted by atomic mass is 16.2. The fourth-order valence-electron chi connectivity index (χ4n) is 2.83. The van der Waals surface area contributed by atoms with Crippen LogP contribution in [0.25, 0.3) is 0 Å². The number of benzene rings is 1. The zero-order valence-electron chi connectivity index (χ0n) is 12.0. The van der Waals surface area contributed by atoms with E-state index in [0.29, 0.717) is 5.69 Å². The molecule has 104 valence electrons. The normalized spacial score (nSPS) is 20.1. The van der Waals surface area contributed by atoms with Gasteiger partial charge in [0.25, 0.3) is 5.91 Å². The summed E-state index contributed by atoms with van der Waals surface area (Å²) in [5.41, 5.74) is 8.26. The highest BCUT2D eigenvalue weighted by molar-refractivity contribution is 5.96. The molecule has 0 bridgehead atoms. The second kappa shape index (κ2) is 6.09. The van der Waals surface area contributed by atoms with E-state index in [2.05, 4.69) is 6.92 Å². The van der Waals surface area contributed by atoms with Crippen molar-refractivity contribution in [2.45, 2.75) is 39.5 Å². The first-order chi connectivity index (χ1) is 9.13. The predicted octanol–water partition coefficient (Wildman–Crippen LogP) is 3.23. The van der Waals surface area contributed by atoms with Crippen LogP contribution in [0.15, 0.2) is 18.2 Å². The Hall–Kier alpha value is -1.51. The molecule has 1 atom stereocenters. The molecule has 1 heterocycles. The largest absolute Gasteiger partial charge is 0.398 e. The number of hydrogen-bond donors (Lipinski definition) is 1. The van der Waals surface area contributed by atoms with Gasteiger partial charge in [0.1, 0.15) is 0 Å². The Morgan fingerprint density at radius 3 is 2.89 bits per heavy atom. The van der Waals surface area contributed by atoms with Gasteiger partial charge in [-0.15, -0.1) is 0 Å². The van der Waals surface area contributed by atoms with Gasteiger partial charge in [0, 0.05) is 24.3 Å². The van der Waals surface area contributed by atoms with E-state index < -0.39 is 0 Å². The third-order valence-electron chi connectivity index (χ3n) is 4.32.